The van der Waals surface area contributed by atoms with Gasteiger partial charge in [0.15, 0.2) is 0 Å². The number of nitro groups is 1. The third kappa shape index (κ3) is 6.10. The topological polar surface area (TPSA) is 68.8 Å². The number of thiophene rings is 1. The first kappa shape index (κ1) is 23.7. The van der Waals surface area contributed by atoms with Gasteiger partial charge in [0, 0.05) is 29.0 Å². The lowest BCUT2D eigenvalue weighted by atomic mass is 9.97. The number of ether oxygens (including phenoxy) is 1. The highest BCUT2D eigenvalue weighted by molar-refractivity contribution is 7.10. The van der Waals surface area contributed by atoms with Crippen LogP contribution in [0.15, 0.2) is 46.4 Å². The summed E-state index contributed by atoms with van der Waals surface area (Å²) in [4.78, 5) is 14.9. The van der Waals surface area contributed by atoms with Crippen LogP contribution in [-0.2, 0) is 17.8 Å². The van der Waals surface area contributed by atoms with E-state index in [0.29, 0.717) is 18.8 Å². The lowest BCUT2D eigenvalue weighted by Crippen LogP contribution is -2.32. The zero-order chi connectivity index (χ0) is 23.2. The number of benzene rings is 1. The van der Waals surface area contributed by atoms with Gasteiger partial charge in [0.05, 0.1) is 24.4 Å². The van der Waals surface area contributed by atoms with Gasteiger partial charge in [0.2, 0.25) is 0 Å². The van der Waals surface area contributed by atoms with Crippen molar-refractivity contribution < 1.29 is 14.1 Å². The molecule has 1 saturated heterocycles. The van der Waals surface area contributed by atoms with Crippen LogP contribution in [-0.4, -0.2) is 36.1 Å². The van der Waals surface area contributed by atoms with Gasteiger partial charge in [-0.25, -0.2) is 0 Å². The highest BCUT2D eigenvalue weighted by atomic mass is 32.1. The summed E-state index contributed by atoms with van der Waals surface area (Å²) >= 11 is 1.65. The Balaban J connectivity index is 1.48. The van der Waals surface area contributed by atoms with Gasteiger partial charge in [-0.2, -0.15) is 0 Å². The zero-order valence-corrected chi connectivity index (χ0v) is 19.9. The van der Waals surface area contributed by atoms with Crippen molar-refractivity contribution in [1.29, 1.82) is 0 Å². The summed E-state index contributed by atoms with van der Waals surface area (Å²) in [6.45, 7) is 10.3. The fraction of sp³-hybridized carbons (Fsp3) is 0.423. The number of furan rings is 1. The molecule has 0 amide bonds. The van der Waals surface area contributed by atoms with E-state index in [2.05, 4.69) is 23.3 Å². The SMILES string of the molecule is [CH2]C(Cc1cc(-c2cc([N+](=O)[O-])c(C)cc2COCCN2CCCCC2)cs1)c1ccco1. The smallest absolute Gasteiger partial charge is 0.272 e. The lowest BCUT2D eigenvalue weighted by Gasteiger charge is -2.26. The second-order valence-corrected chi connectivity index (χ2v) is 9.72. The molecular formula is C26H31N2O4S. The minimum Gasteiger partial charge on any atom is -0.469 e. The van der Waals surface area contributed by atoms with Crippen molar-refractivity contribution in [1.82, 2.24) is 4.90 Å². The Morgan fingerprint density at radius 2 is 2.09 bits per heavy atom. The van der Waals surface area contributed by atoms with Crippen molar-refractivity contribution in [2.24, 2.45) is 0 Å². The summed E-state index contributed by atoms with van der Waals surface area (Å²) in [5.74, 6) is 0.884. The summed E-state index contributed by atoms with van der Waals surface area (Å²) in [7, 11) is 0. The van der Waals surface area contributed by atoms with E-state index in [-0.39, 0.29) is 16.5 Å². The quantitative estimate of drug-likeness (QED) is 0.196. The summed E-state index contributed by atoms with van der Waals surface area (Å²) in [6, 6.07) is 9.51. The molecule has 1 unspecified atom stereocenters. The van der Waals surface area contributed by atoms with Crippen LogP contribution in [0.1, 0.15) is 46.9 Å². The maximum absolute atomic E-state index is 11.6. The van der Waals surface area contributed by atoms with Gasteiger partial charge in [-0.05, 0) is 92.5 Å². The van der Waals surface area contributed by atoms with Crippen molar-refractivity contribution in [2.75, 3.05) is 26.2 Å². The molecule has 1 aliphatic rings. The number of rotatable bonds is 10. The Hall–Kier alpha value is -2.48. The number of aryl methyl sites for hydroxylation is 1. The van der Waals surface area contributed by atoms with Crippen LogP contribution in [0.2, 0.25) is 0 Å². The van der Waals surface area contributed by atoms with Crippen LogP contribution in [0.5, 0.6) is 0 Å². The van der Waals surface area contributed by atoms with Gasteiger partial charge in [-0.15, -0.1) is 11.3 Å². The van der Waals surface area contributed by atoms with E-state index < -0.39 is 0 Å². The third-order valence-electron chi connectivity index (χ3n) is 6.23. The fourth-order valence-corrected chi connectivity index (χ4v) is 5.36. The van der Waals surface area contributed by atoms with Crippen LogP contribution in [0.25, 0.3) is 11.1 Å². The van der Waals surface area contributed by atoms with E-state index in [9.17, 15) is 10.1 Å². The Bertz CT molecular complexity index is 1050. The van der Waals surface area contributed by atoms with Gasteiger partial charge in [0.25, 0.3) is 5.69 Å². The second-order valence-electron chi connectivity index (χ2n) is 8.73. The monoisotopic (exact) mass is 467 g/mol. The van der Waals surface area contributed by atoms with E-state index >= 15 is 0 Å². The highest BCUT2D eigenvalue weighted by Crippen LogP contribution is 2.35. The molecule has 0 bridgehead atoms. The van der Waals surface area contributed by atoms with Crippen molar-refractivity contribution in [2.45, 2.75) is 45.1 Å². The lowest BCUT2D eigenvalue weighted by molar-refractivity contribution is -0.385. The maximum atomic E-state index is 11.6. The molecule has 4 rings (SSSR count). The first-order chi connectivity index (χ1) is 16.0. The number of nitro benzene ring substituents is 1. The van der Waals surface area contributed by atoms with Gasteiger partial charge < -0.3 is 14.1 Å². The number of likely N-dealkylation sites (tertiary alicyclic amines) is 1. The molecule has 0 saturated carbocycles. The minimum absolute atomic E-state index is 0.0245. The van der Waals surface area contributed by atoms with Crippen molar-refractivity contribution in [3.63, 3.8) is 0 Å². The van der Waals surface area contributed by atoms with Crippen molar-refractivity contribution >= 4 is 17.0 Å². The predicted molar refractivity (Wildman–Crippen MR) is 132 cm³/mol. The number of piperidine rings is 1. The molecule has 33 heavy (non-hydrogen) atoms. The zero-order valence-electron chi connectivity index (χ0n) is 19.1. The van der Waals surface area contributed by atoms with E-state index in [1.54, 1.807) is 30.6 Å². The van der Waals surface area contributed by atoms with Gasteiger partial charge >= 0.3 is 0 Å². The van der Waals surface area contributed by atoms with Crippen LogP contribution in [0.4, 0.5) is 5.69 Å². The minimum atomic E-state index is -0.310. The first-order valence-corrected chi connectivity index (χ1v) is 12.4. The third-order valence-corrected chi connectivity index (χ3v) is 7.19. The largest absolute Gasteiger partial charge is 0.469 e. The molecular weight excluding hydrogens is 436 g/mol. The van der Waals surface area contributed by atoms with Crippen LogP contribution in [0.3, 0.4) is 0 Å². The first-order valence-electron chi connectivity index (χ1n) is 11.5. The molecule has 7 heteroatoms. The molecule has 3 heterocycles. The summed E-state index contributed by atoms with van der Waals surface area (Å²) in [6.07, 6.45) is 6.27. The number of hydrogen-bond donors (Lipinski definition) is 0. The standard InChI is InChI=1S/C26H31N2O4S/c1-19-13-21(17-31-12-10-27-8-4-3-5-9-27)24(16-25(19)28(29)30)22-15-23(33-18-22)14-20(2)26-7-6-11-32-26/h6-7,11,13,15-16,18,20H,2-5,8-10,12,14,17H2,1H3. The van der Waals surface area contributed by atoms with Gasteiger partial charge in [-0.3, -0.25) is 10.1 Å². The molecule has 175 valence electrons. The molecule has 1 aliphatic heterocycles. The van der Waals surface area contributed by atoms with Crippen LogP contribution < -0.4 is 0 Å². The van der Waals surface area contributed by atoms with Crippen molar-refractivity contribution in [3.05, 3.63) is 80.8 Å². The molecule has 0 N–H and O–H groups in total. The van der Waals surface area contributed by atoms with Gasteiger partial charge in [-0.1, -0.05) is 6.42 Å². The van der Waals surface area contributed by atoms with Gasteiger partial charge in [0.1, 0.15) is 5.76 Å². The Morgan fingerprint density at radius 1 is 1.27 bits per heavy atom. The summed E-state index contributed by atoms with van der Waals surface area (Å²) in [5, 5.41) is 13.7. The molecule has 6 nitrogen and oxygen atoms in total. The van der Waals surface area contributed by atoms with E-state index in [0.717, 1.165) is 48.5 Å². The van der Waals surface area contributed by atoms with Crippen LogP contribution in [0, 0.1) is 24.0 Å². The average Bonchev–Trinajstić information content (AvgIpc) is 3.50. The molecule has 2 aromatic heterocycles. The molecule has 3 aromatic rings. The average molecular weight is 468 g/mol. The highest BCUT2D eigenvalue weighted by Gasteiger charge is 2.19. The number of hydrogen-bond acceptors (Lipinski definition) is 6. The second kappa shape index (κ2) is 11.1. The predicted octanol–water partition coefficient (Wildman–Crippen LogP) is 6.39. The molecule has 1 aromatic carbocycles. The molecule has 1 fully saturated rings. The normalized spacial score (nSPS) is 15.6. The fourth-order valence-electron chi connectivity index (χ4n) is 4.40. The molecule has 0 aliphatic carbocycles. The van der Waals surface area contributed by atoms with E-state index in [1.807, 2.05) is 18.2 Å². The van der Waals surface area contributed by atoms with Crippen molar-refractivity contribution in [3.8, 4) is 11.1 Å². The Morgan fingerprint density at radius 3 is 2.82 bits per heavy atom. The van der Waals surface area contributed by atoms with E-state index in [1.165, 1.54) is 24.1 Å². The molecule has 1 radical (unpaired) electrons. The number of nitrogens with zero attached hydrogens (tertiary/aromatic N) is 2. The summed E-state index contributed by atoms with van der Waals surface area (Å²) in [5.41, 5.74) is 3.63. The molecule has 0 spiro atoms. The molecule has 1 atom stereocenters. The Kier molecular flexibility index (Phi) is 7.96. The Labute approximate surface area is 199 Å². The summed E-state index contributed by atoms with van der Waals surface area (Å²) < 4.78 is 11.5. The maximum Gasteiger partial charge on any atom is 0.272 e. The van der Waals surface area contributed by atoms with E-state index in [4.69, 9.17) is 9.15 Å². The van der Waals surface area contributed by atoms with Crippen LogP contribution >= 0.6 is 11.3 Å².